The quantitative estimate of drug-likeness (QED) is 0.792. The maximum absolute atomic E-state index is 9.50. The van der Waals surface area contributed by atoms with Crippen LogP contribution in [0.15, 0.2) is 0 Å². The van der Waals surface area contributed by atoms with Gasteiger partial charge in [-0.2, -0.15) is 5.26 Å². The van der Waals surface area contributed by atoms with Crippen LogP contribution in [0.1, 0.15) is 38.5 Å². The topological polar surface area (TPSA) is 39.1 Å². The van der Waals surface area contributed by atoms with Crippen molar-refractivity contribution >= 4 is 0 Å². The lowest BCUT2D eigenvalue weighted by Gasteiger charge is -2.37. The van der Waals surface area contributed by atoms with Gasteiger partial charge in [0.15, 0.2) is 0 Å². The SMILES string of the molecule is CN(C)CCNC1(C#N)CCCC(C2CC2)C1. The molecule has 2 rings (SSSR count). The van der Waals surface area contributed by atoms with E-state index in [9.17, 15) is 5.26 Å². The summed E-state index contributed by atoms with van der Waals surface area (Å²) in [5.74, 6) is 1.76. The fourth-order valence-electron chi connectivity index (χ4n) is 3.11. The molecule has 0 bridgehead atoms. The number of nitrogens with zero attached hydrogens (tertiary/aromatic N) is 2. The number of hydrogen-bond donors (Lipinski definition) is 1. The first-order valence-electron chi connectivity index (χ1n) is 6.96. The fourth-order valence-corrected chi connectivity index (χ4v) is 3.11. The van der Waals surface area contributed by atoms with Gasteiger partial charge >= 0.3 is 0 Å². The minimum atomic E-state index is -0.221. The summed E-state index contributed by atoms with van der Waals surface area (Å²) in [5.41, 5.74) is -0.221. The first-order valence-corrected chi connectivity index (χ1v) is 6.96. The Kier molecular flexibility index (Phi) is 4.06. The van der Waals surface area contributed by atoms with E-state index in [1.165, 1.54) is 25.7 Å². The van der Waals surface area contributed by atoms with Crippen molar-refractivity contribution in [1.29, 1.82) is 5.26 Å². The van der Waals surface area contributed by atoms with E-state index < -0.39 is 0 Å². The molecule has 2 fully saturated rings. The zero-order valence-electron chi connectivity index (χ0n) is 11.2. The highest BCUT2D eigenvalue weighted by Gasteiger charge is 2.41. The lowest BCUT2D eigenvalue weighted by Crippen LogP contribution is -2.49. The van der Waals surface area contributed by atoms with Crippen molar-refractivity contribution in [3.63, 3.8) is 0 Å². The molecule has 0 aliphatic heterocycles. The second kappa shape index (κ2) is 5.37. The molecule has 17 heavy (non-hydrogen) atoms. The molecular formula is C14H25N3. The molecule has 2 unspecified atom stereocenters. The zero-order valence-corrected chi connectivity index (χ0v) is 11.2. The van der Waals surface area contributed by atoms with Crippen LogP contribution in [0.3, 0.4) is 0 Å². The normalized spacial score (nSPS) is 33.6. The summed E-state index contributed by atoms with van der Waals surface area (Å²) in [5, 5.41) is 13.0. The van der Waals surface area contributed by atoms with E-state index in [0.717, 1.165) is 37.8 Å². The van der Waals surface area contributed by atoms with Crippen LogP contribution in [0.5, 0.6) is 0 Å². The van der Waals surface area contributed by atoms with Gasteiger partial charge in [0.25, 0.3) is 0 Å². The molecule has 1 N–H and O–H groups in total. The van der Waals surface area contributed by atoms with E-state index in [1.54, 1.807) is 0 Å². The number of nitriles is 1. The van der Waals surface area contributed by atoms with Gasteiger partial charge in [0, 0.05) is 13.1 Å². The van der Waals surface area contributed by atoms with Crippen molar-refractivity contribution in [3.05, 3.63) is 0 Å². The molecule has 2 aliphatic rings. The van der Waals surface area contributed by atoms with Crippen molar-refractivity contribution in [1.82, 2.24) is 10.2 Å². The Hall–Kier alpha value is -0.590. The molecule has 3 nitrogen and oxygen atoms in total. The van der Waals surface area contributed by atoms with Crippen molar-refractivity contribution in [2.75, 3.05) is 27.2 Å². The molecule has 0 aromatic rings. The predicted octanol–water partition coefficient (Wildman–Crippen LogP) is 2.00. The first kappa shape index (κ1) is 12.9. The van der Waals surface area contributed by atoms with Crippen molar-refractivity contribution in [2.45, 2.75) is 44.1 Å². The van der Waals surface area contributed by atoms with Crippen LogP contribution in [0.25, 0.3) is 0 Å². The van der Waals surface area contributed by atoms with E-state index in [4.69, 9.17) is 0 Å². The highest BCUT2D eigenvalue weighted by molar-refractivity contribution is 5.11. The summed E-state index contributed by atoms with van der Waals surface area (Å²) < 4.78 is 0. The molecule has 96 valence electrons. The predicted molar refractivity (Wildman–Crippen MR) is 69.6 cm³/mol. The Labute approximate surface area is 105 Å². The molecule has 0 amide bonds. The van der Waals surface area contributed by atoms with Crippen LogP contribution < -0.4 is 5.32 Å². The second-order valence-corrected chi connectivity index (χ2v) is 6.12. The molecule has 2 atom stereocenters. The molecule has 0 aromatic heterocycles. The Balaban J connectivity index is 1.86. The van der Waals surface area contributed by atoms with Crippen molar-refractivity contribution < 1.29 is 0 Å². The van der Waals surface area contributed by atoms with Crippen molar-refractivity contribution in [3.8, 4) is 6.07 Å². The minimum absolute atomic E-state index is 0.221. The van der Waals surface area contributed by atoms with E-state index in [1.807, 2.05) is 0 Å². The molecule has 2 saturated carbocycles. The van der Waals surface area contributed by atoms with Crippen LogP contribution in [-0.4, -0.2) is 37.6 Å². The van der Waals surface area contributed by atoms with E-state index in [-0.39, 0.29) is 5.54 Å². The molecule has 2 aliphatic carbocycles. The summed E-state index contributed by atoms with van der Waals surface area (Å²) in [6.07, 6.45) is 7.52. The molecule has 0 radical (unpaired) electrons. The fraction of sp³-hybridized carbons (Fsp3) is 0.929. The van der Waals surface area contributed by atoms with Crippen LogP contribution in [0.4, 0.5) is 0 Å². The molecule has 3 heteroatoms. The van der Waals surface area contributed by atoms with Gasteiger partial charge in [-0.05, 0) is 58.0 Å². The van der Waals surface area contributed by atoms with Gasteiger partial charge in [0.2, 0.25) is 0 Å². The first-order chi connectivity index (χ1) is 8.15. The highest BCUT2D eigenvalue weighted by Crippen LogP contribution is 2.46. The molecule has 0 aromatic carbocycles. The zero-order chi connectivity index (χ0) is 12.3. The van der Waals surface area contributed by atoms with Crippen LogP contribution >= 0.6 is 0 Å². The Bertz CT molecular complexity index is 290. The number of hydrogen-bond acceptors (Lipinski definition) is 3. The third kappa shape index (κ3) is 3.43. The summed E-state index contributed by atoms with van der Waals surface area (Å²) in [4.78, 5) is 2.17. The van der Waals surface area contributed by atoms with E-state index >= 15 is 0 Å². The molecule has 0 heterocycles. The van der Waals surface area contributed by atoms with E-state index in [2.05, 4.69) is 30.4 Å². The second-order valence-electron chi connectivity index (χ2n) is 6.12. The van der Waals surface area contributed by atoms with Crippen LogP contribution in [-0.2, 0) is 0 Å². The van der Waals surface area contributed by atoms with Gasteiger partial charge in [0.1, 0.15) is 5.54 Å². The van der Waals surface area contributed by atoms with Gasteiger partial charge in [-0.25, -0.2) is 0 Å². The monoisotopic (exact) mass is 235 g/mol. The molecule has 0 spiro atoms. The number of nitrogens with one attached hydrogen (secondary N) is 1. The standard InChI is InChI=1S/C14H25N3/c1-17(2)9-8-16-14(11-15)7-3-4-13(10-14)12-5-6-12/h12-13,16H,3-10H2,1-2H3. The maximum atomic E-state index is 9.50. The summed E-state index contributed by atoms with van der Waals surface area (Å²) >= 11 is 0. The summed E-state index contributed by atoms with van der Waals surface area (Å²) in [6, 6.07) is 2.57. The summed E-state index contributed by atoms with van der Waals surface area (Å²) in [6.45, 7) is 1.94. The Morgan fingerprint density at radius 3 is 2.65 bits per heavy atom. The molecule has 0 saturated heterocycles. The Morgan fingerprint density at radius 1 is 1.29 bits per heavy atom. The molecular weight excluding hydrogens is 210 g/mol. The van der Waals surface area contributed by atoms with Gasteiger partial charge < -0.3 is 4.90 Å². The largest absolute Gasteiger partial charge is 0.308 e. The number of likely N-dealkylation sites (N-methyl/N-ethyl adjacent to an activating group) is 1. The smallest absolute Gasteiger partial charge is 0.107 e. The van der Waals surface area contributed by atoms with Gasteiger partial charge in [0.05, 0.1) is 6.07 Å². The third-order valence-corrected chi connectivity index (χ3v) is 4.31. The third-order valence-electron chi connectivity index (χ3n) is 4.31. The average Bonchev–Trinajstić information content (AvgIpc) is 3.13. The Morgan fingerprint density at radius 2 is 2.06 bits per heavy atom. The maximum Gasteiger partial charge on any atom is 0.107 e. The lowest BCUT2D eigenvalue weighted by molar-refractivity contribution is 0.206. The van der Waals surface area contributed by atoms with Crippen molar-refractivity contribution in [2.24, 2.45) is 11.8 Å². The highest BCUT2D eigenvalue weighted by atomic mass is 15.1. The number of rotatable bonds is 5. The average molecular weight is 235 g/mol. The van der Waals surface area contributed by atoms with Crippen LogP contribution in [0, 0.1) is 23.2 Å². The van der Waals surface area contributed by atoms with E-state index in [0.29, 0.717) is 0 Å². The minimum Gasteiger partial charge on any atom is -0.308 e. The van der Waals surface area contributed by atoms with Gasteiger partial charge in [-0.15, -0.1) is 0 Å². The van der Waals surface area contributed by atoms with Gasteiger partial charge in [-0.1, -0.05) is 6.42 Å². The van der Waals surface area contributed by atoms with Crippen LogP contribution in [0.2, 0.25) is 0 Å². The summed E-state index contributed by atoms with van der Waals surface area (Å²) in [7, 11) is 4.16. The lowest BCUT2D eigenvalue weighted by atomic mass is 9.74. The van der Waals surface area contributed by atoms with Gasteiger partial charge in [-0.3, -0.25) is 5.32 Å².